The fourth-order valence-corrected chi connectivity index (χ4v) is 5.70. The second-order valence-electron chi connectivity index (χ2n) is 2.48. The van der Waals surface area contributed by atoms with Crippen molar-refractivity contribution >= 4 is 32.5 Å². The Kier molecular flexibility index (Phi) is 3.87. The monoisotopic (exact) mass is 267 g/mol. The third-order valence-corrected chi connectivity index (χ3v) is 6.49. The predicted octanol–water partition coefficient (Wildman–Crippen LogP) is 1.38. The number of halogens is 3. The maximum atomic E-state index is 11.9. The Bertz CT molecular complexity index is 327. The van der Waals surface area contributed by atoms with E-state index in [4.69, 9.17) is 0 Å². The quantitative estimate of drug-likeness (QED) is 0.721. The summed E-state index contributed by atoms with van der Waals surface area (Å²) in [7, 11) is -6.23. The lowest BCUT2D eigenvalue weighted by atomic mass is 10.9. The molecular weight excluding hydrogens is 259 g/mol. The zero-order valence-electron chi connectivity index (χ0n) is 6.95. The van der Waals surface area contributed by atoms with Crippen molar-refractivity contribution < 1.29 is 21.6 Å². The third kappa shape index (κ3) is 3.13. The molecule has 0 aromatic heterocycles. The van der Waals surface area contributed by atoms with Crippen LogP contribution in [0.2, 0.25) is 0 Å². The summed E-state index contributed by atoms with van der Waals surface area (Å²) in [5, 5.41) is 0. The molecular formula is C5H8F3NO2S3. The van der Waals surface area contributed by atoms with E-state index in [0.717, 1.165) is 0 Å². The molecule has 1 rings (SSSR count). The van der Waals surface area contributed by atoms with Gasteiger partial charge < -0.3 is 0 Å². The fourth-order valence-electron chi connectivity index (χ4n) is 0.770. The topological polar surface area (TPSA) is 46.5 Å². The Labute approximate surface area is 86.6 Å². The Balaban J connectivity index is 2.85. The molecule has 0 spiro atoms. The van der Waals surface area contributed by atoms with E-state index in [2.05, 4.69) is 3.77 Å². The van der Waals surface area contributed by atoms with Crippen molar-refractivity contribution in [2.45, 2.75) is 5.51 Å². The van der Waals surface area contributed by atoms with E-state index in [1.165, 1.54) is 0 Å². The van der Waals surface area contributed by atoms with Crippen LogP contribution in [0.1, 0.15) is 0 Å². The predicted molar refractivity (Wildman–Crippen MR) is 51.8 cm³/mol. The van der Waals surface area contributed by atoms with Gasteiger partial charge >= 0.3 is 15.5 Å². The minimum Gasteiger partial charge on any atom is -0.194 e. The molecule has 0 saturated carbocycles. The van der Waals surface area contributed by atoms with Gasteiger partial charge in [0.1, 0.15) is 0 Å². The Morgan fingerprint density at radius 2 is 1.71 bits per heavy atom. The van der Waals surface area contributed by atoms with E-state index in [9.17, 15) is 21.6 Å². The molecule has 0 N–H and O–H groups in total. The van der Waals surface area contributed by atoms with Gasteiger partial charge in [0.2, 0.25) is 0 Å². The summed E-state index contributed by atoms with van der Waals surface area (Å²) < 4.78 is 59.9. The van der Waals surface area contributed by atoms with Crippen molar-refractivity contribution in [3.8, 4) is 0 Å². The summed E-state index contributed by atoms with van der Waals surface area (Å²) in [5.74, 6) is 2.22. The summed E-state index contributed by atoms with van der Waals surface area (Å²) in [5.41, 5.74) is -5.25. The molecule has 0 aliphatic carbocycles. The van der Waals surface area contributed by atoms with Gasteiger partial charge in [-0.25, -0.2) is 0 Å². The van der Waals surface area contributed by atoms with Crippen LogP contribution in [0.4, 0.5) is 13.2 Å². The summed E-state index contributed by atoms with van der Waals surface area (Å²) in [6.45, 7) is 0. The van der Waals surface area contributed by atoms with Crippen molar-refractivity contribution in [2.75, 3.05) is 23.0 Å². The highest BCUT2D eigenvalue weighted by Crippen LogP contribution is 2.26. The molecule has 1 heterocycles. The first-order valence-electron chi connectivity index (χ1n) is 3.62. The Morgan fingerprint density at radius 1 is 1.21 bits per heavy atom. The van der Waals surface area contributed by atoms with Crippen molar-refractivity contribution in [1.82, 2.24) is 0 Å². The van der Waals surface area contributed by atoms with Gasteiger partial charge in [0.15, 0.2) is 0 Å². The summed E-state index contributed by atoms with van der Waals surface area (Å²) in [6.07, 6.45) is 0. The highest BCUT2D eigenvalue weighted by Gasteiger charge is 2.46. The molecule has 1 fully saturated rings. The average molecular weight is 267 g/mol. The Hall–Kier alpha value is 0.240. The van der Waals surface area contributed by atoms with E-state index in [1.807, 2.05) is 0 Å². The van der Waals surface area contributed by atoms with Gasteiger partial charge in [0.25, 0.3) is 0 Å². The molecule has 0 aromatic rings. The number of hydrogen-bond donors (Lipinski definition) is 0. The minimum atomic E-state index is -5.27. The maximum absolute atomic E-state index is 11.9. The lowest BCUT2D eigenvalue weighted by molar-refractivity contribution is -0.0434. The van der Waals surface area contributed by atoms with Gasteiger partial charge in [-0.3, -0.25) is 0 Å². The molecule has 0 unspecified atom stereocenters. The number of rotatable bonds is 1. The van der Waals surface area contributed by atoms with Crippen molar-refractivity contribution in [1.29, 1.82) is 0 Å². The zero-order chi connectivity index (χ0) is 10.8. The summed E-state index contributed by atoms with van der Waals surface area (Å²) in [6, 6.07) is 0. The van der Waals surface area contributed by atoms with Gasteiger partial charge in [-0.15, -0.1) is 3.77 Å². The molecule has 14 heavy (non-hydrogen) atoms. The lowest BCUT2D eigenvalue weighted by Gasteiger charge is -2.13. The van der Waals surface area contributed by atoms with Crippen molar-refractivity contribution in [3.05, 3.63) is 0 Å². The maximum Gasteiger partial charge on any atom is 0.519 e. The molecule has 84 valence electrons. The van der Waals surface area contributed by atoms with Gasteiger partial charge in [-0.2, -0.15) is 33.4 Å². The van der Waals surface area contributed by atoms with Crippen molar-refractivity contribution in [2.24, 2.45) is 3.77 Å². The van der Waals surface area contributed by atoms with E-state index in [0.29, 0.717) is 23.0 Å². The van der Waals surface area contributed by atoms with E-state index in [1.54, 1.807) is 11.8 Å². The van der Waals surface area contributed by atoms with Crippen LogP contribution in [0, 0.1) is 0 Å². The number of alkyl halides is 3. The number of thioether (sulfide) groups is 1. The molecule has 1 aliphatic heterocycles. The standard InChI is InChI=1S/C5H8F3NO2S3/c6-5(7,8)14(10,11)9-13-3-1-12-2-4-13/h1-4H2. The van der Waals surface area contributed by atoms with E-state index < -0.39 is 26.2 Å². The summed E-state index contributed by atoms with van der Waals surface area (Å²) >= 11 is 1.60. The molecule has 0 aromatic carbocycles. The molecule has 9 heteroatoms. The highest BCUT2D eigenvalue weighted by atomic mass is 32.3. The number of sulfonamides is 1. The second kappa shape index (κ2) is 4.40. The molecule has 1 aliphatic rings. The van der Waals surface area contributed by atoms with Gasteiger partial charge in [0.05, 0.1) is 0 Å². The number of hydrogen-bond acceptors (Lipinski definition) is 3. The lowest BCUT2D eigenvalue weighted by Crippen LogP contribution is -2.23. The Morgan fingerprint density at radius 3 is 2.14 bits per heavy atom. The van der Waals surface area contributed by atoms with Crippen LogP contribution < -0.4 is 0 Å². The second-order valence-corrected chi connectivity index (χ2v) is 7.45. The smallest absolute Gasteiger partial charge is 0.194 e. The third-order valence-electron chi connectivity index (χ3n) is 1.42. The van der Waals surface area contributed by atoms with Gasteiger partial charge in [-0.05, 0) is 0 Å². The molecule has 0 bridgehead atoms. The van der Waals surface area contributed by atoms with Gasteiger partial charge in [0, 0.05) is 23.0 Å². The van der Waals surface area contributed by atoms with Crippen LogP contribution in [0.5, 0.6) is 0 Å². The minimum absolute atomic E-state index is 0.431. The first kappa shape index (κ1) is 12.3. The van der Waals surface area contributed by atoms with Crippen LogP contribution in [-0.4, -0.2) is 36.9 Å². The van der Waals surface area contributed by atoms with E-state index in [-0.39, 0.29) is 0 Å². The molecule has 0 atom stereocenters. The molecule has 0 amide bonds. The first-order valence-corrected chi connectivity index (χ1v) is 7.74. The SMILES string of the molecule is O=S(=O)(N=S1CCSCC1)C(F)(F)F. The van der Waals surface area contributed by atoms with Gasteiger partial charge in [-0.1, -0.05) is 10.7 Å². The van der Waals surface area contributed by atoms with Crippen LogP contribution in [0.15, 0.2) is 3.77 Å². The summed E-state index contributed by atoms with van der Waals surface area (Å²) in [4.78, 5) is 0. The van der Waals surface area contributed by atoms with Crippen molar-refractivity contribution in [3.63, 3.8) is 0 Å². The highest BCUT2D eigenvalue weighted by molar-refractivity contribution is 8.05. The fraction of sp³-hybridized carbons (Fsp3) is 1.00. The molecule has 0 radical (unpaired) electrons. The average Bonchev–Trinajstić information content (AvgIpc) is 2.03. The molecule has 3 nitrogen and oxygen atoms in total. The van der Waals surface area contributed by atoms with Crippen LogP contribution in [-0.2, 0) is 20.7 Å². The molecule has 1 saturated heterocycles. The zero-order valence-corrected chi connectivity index (χ0v) is 9.40. The largest absolute Gasteiger partial charge is 0.519 e. The van der Waals surface area contributed by atoms with E-state index >= 15 is 0 Å². The van der Waals surface area contributed by atoms with Crippen LogP contribution in [0.3, 0.4) is 0 Å². The normalized spacial score (nSPS) is 20.8. The number of nitrogens with zero attached hydrogens (tertiary/aromatic N) is 1. The first-order chi connectivity index (χ1) is 6.33. The van der Waals surface area contributed by atoms with Crippen LogP contribution >= 0.6 is 11.8 Å². The van der Waals surface area contributed by atoms with Crippen LogP contribution in [0.25, 0.3) is 0 Å².